The van der Waals surface area contributed by atoms with E-state index in [4.69, 9.17) is 14.2 Å². The molecule has 2 aromatic carbocycles. The molecular formula is C19H18BrNO5. The van der Waals surface area contributed by atoms with Crippen molar-refractivity contribution in [2.24, 2.45) is 0 Å². The molecule has 1 amide bonds. The molecule has 0 aliphatic carbocycles. The smallest absolute Gasteiger partial charge is 0.349 e. The summed E-state index contributed by atoms with van der Waals surface area (Å²) in [5, 5.41) is 0. The third-order valence-corrected chi connectivity index (χ3v) is 4.33. The van der Waals surface area contributed by atoms with Crippen molar-refractivity contribution in [2.75, 3.05) is 32.9 Å². The number of carbonyl (C=O) groups excluding carboxylic acids is 2. The number of halogens is 1. The van der Waals surface area contributed by atoms with E-state index in [-0.39, 0.29) is 12.5 Å². The maximum absolute atomic E-state index is 12.4. The minimum absolute atomic E-state index is 0.0329. The van der Waals surface area contributed by atoms with Crippen molar-refractivity contribution in [3.05, 3.63) is 58.6 Å². The van der Waals surface area contributed by atoms with Crippen LogP contribution in [0.4, 0.5) is 0 Å². The van der Waals surface area contributed by atoms with Crippen LogP contribution in [0, 0.1) is 0 Å². The Morgan fingerprint density at radius 1 is 0.962 bits per heavy atom. The number of carbonyl (C=O) groups is 2. The Morgan fingerprint density at radius 3 is 2.23 bits per heavy atom. The molecule has 0 atom stereocenters. The lowest BCUT2D eigenvalue weighted by atomic mass is 10.2. The molecular weight excluding hydrogens is 402 g/mol. The Hall–Kier alpha value is -2.38. The lowest BCUT2D eigenvalue weighted by Crippen LogP contribution is -2.40. The molecule has 1 aliphatic heterocycles. The van der Waals surface area contributed by atoms with Crippen molar-refractivity contribution in [1.29, 1.82) is 0 Å². The molecule has 0 spiro atoms. The summed E-state index contributed by atoms with van der Waals surface area (Å²) in [6.45, 7) is 2.10. The maximum Gasteiger partial charge on any atom is 0.349 e. The predicted molar refractivity (Wildman–Crippen MR) is 98.4 cm³/mol. The van der Waals surface area contributed by atoms with Gasteiger partial charge in [0, 0.05) is 23.1 Å². The molecule has 7 heteroatoms. The fraction of sp³-hybridized carbons (Fsp3) is 0.263. The highest BCUT2D eigenvalue weighted by molar-refractivity contribution is 9.10. The molecule has 0 bridgehead atoms. The van der Waals surface area contributed by atoms with Gasteiger partial charge >= 0.3 is 5.97 Å². The van der Waals surface area contributed by atoms with E-state index in [1.807, 2.05) is 0 Å². The average molecular weight is 420 g/mol. The minimum Gasteiger partial charge on any atom is -0.482 e. The van der Waals surface area contributed by atoms with Crippen molar-refractivity contribution in [3.8, 4) is 11.5 Å². The van der Waals surface area contributed by atoms with Gasteiger partial charge in [-0.2, -0.15) is 0 Å². The first-order valence-electron chi connectivity index (χ1n) is 8.18. The summed E-state index contributed by atoms with van der Waals surface area (Å²) in [6, 6.07) is 13.7. The second-order valence-corrected chi connectivity index (χ2v) is 6.56. The average Bonchev–Trinajstić information content (AvgIpc) is 2.69. The van der Waals surface area contributed by atoms with E-state index in [1.165, 1.54) is 0 Å². The highest BCUT2D eigenvalue weighted by Gasteiger charge is 2.18. The minimum atomic E-state index is -0.499. The number of hydrogen-bond donors (Lipinski definition) is 0. The number of ether oxygens (including phenoxy) is 3. The molecule has 0 radical (unpaired) electrons. The largest absolute Gasteiger partial charge is 0.482 e. The van der Waals surface area contributed by atoms with Gasteiger partial charge in [0.05, 0.1) is 13.2 Å². The molecule has 2 aromatic rings. The summed E-state index contributed by atoms with van der Waals surface area (Å²) < 4.78 is 16.7. The molecule has 3 rings (SSSR count). The van der Waals surface area contributed by atoms with Crippen LogP contribution in [-0.2, 0) is 9.53 Å². The summed E-state index contributed by atoms with van der Waals surface area (Å²) >= 11 is 3.32. The van der Waals surface area contributed by atoms with Crippen LogP contribution in [0.25, 0.3) is 0 Å². The molecule has 1 heterocycles. The van der Waals surface area contributed by atoms with Crippen LogP contribution in [0.3, 0.4) is 0 Å². The summed E-state index contributed by atoms with van der Waals surface area (Å²) in [5.74, 6) is 0.417. The van der Waals surface area contributed by atoms with E-state index < -0.39 is 5.97 Å². The van der Waals surface area contributed by atoms with Crippen LogP contribution >= 0.6 is 15.9 Å². The monoisotopic (exact) mass is 419 g/mol. The van der Waals surface area contributed by atoms with Crippen LogP contribution in [0.2, 0.25) is 0 Å². The van der Waals surface area contributed by atoms with Gasteiger partial charge in [0.15, 0.2) is 6.61 Å². The lowest BCUT2D eigenvalue weighted by molar-refractivity contribution is -0.136. The second-order valence-electron chi connectivity index (χ2n) is 5.65. The predicted octanol–water partition coefficient (Wildman–Crippen LogP) is 2.91. The van der Waals surface area contributed by atoms with Crippen LogP contribution in [0.15, 0.2) is 53.0 Å². The van der Waals surface area contributed by atoms with Gasteiger partial charge in [0.1, 0.15) is 11.5 Å². The van der Waals surface area contributed by atoms with Crippen LogP contribution in [0.1, 0.15) is 10.4 Å². The number of esters is 1. The van der Waals surface area contributed by atoms with Crippen molar-refractivity contribution < 1.29 is 23.8 Å². The van der Waals surface area contributed by atoms with E-state index in [9.17, 15) is 9.59 Å². The van der Waals surface area contributed by atoms with Crippen molar-refractivity contribution in [1.82, 2.24) is 4.90 Å². The molecule has 1 aliphatic rings. The summed E-state index contributed by atoms with van der Waals surface area (Å²) in [5.41, 5.74) is 0.580. The molecule has 0 aromatic heterocycles. The molecule has 1 fully saturated rings. The van der Waals surface area contributed by atoms with Gasteiger partial charge in [0.25, 0.3) is 5.91 Å². The fourth-order valence-corrected chi connectivity index (χ4v) is 2.71. The van der Waals surface area contributed by atoms with Crippen LogP contribution in [0.5, 0.6) is 11.5 Å². The van der Waals surface area contributed by atoms with E-state index in [0.29, 0.717) is 43.4 Å². The summed E-state index contributed by atoms with van der Waals surface area (Å²) in [6.07, 6.45) is 0. The lowest BCUT2D eigenvalue weighted by Gasteiger charge is -2.26. The van der Waals surface area contributed by atoms with E-state index in [0.717, 1.165) is 4.47 Å². The zero-order valence-corrected chi connectivity index (χ0v) is 15.6. The van der Waals surface area contributed by atoms with Gasteiger partial charge in [-0.1, -0.05) is 15.9 Å². The number of benzene rings is 2. The molecule has 1 saturated heterocycles. The first kappa shape index (κ1) is 18.4. The molecule has 0 unspecified atom stereocenters. The zero-order chi connectivity index (χ0) is 18.4. The van der Waals surface area contributed by atoms with E-state index in [2.05, 4.69) is 15.9 Å². The summed E-state index contributed by atoms with van der Waals surface area (Å²) in [7, 11) is 0. The topological polar surface area (TPSA) is 65.1 Å². The highest BCUT2D eigenvalue weighted by Crippen LogP contribution is 2.17. The SMILES string of the molecule is O=C(COc1ccc(C(=O)N2CCOCC2)cc1)Oc1ccc(Br)cc1. The standard InChI is InChI=1S/C19H18BrNO5/c20-15-3-7-17(8-4-15)26-18(22)13-25-16-5-1-14(2-6-16)19(23)21-9-11-24-12-10-21/h1-8H,9-13H2. The maximum atomic E-state index is 12.4. The van der Waals surface area contributed by atoms with Gasteiger partial charge in [0.2, 0.25) is 0 Å². The third kappa shape index (κ3) is 5.06. The molecule has 6 nitrogen and oxygen atoms in total. The quantitative estimate of drug-likeness (QED) is 0.550. The molecule has 136 valence electrons. The first-order valence-corrected chi connectivity index (χ1v) is 8.97. The Balaban J connectivity index is 1.50. The molecule has 26 heavy (non-hydrogen) atoms. The Bertz CT molecular complexity index is 755. The van der Waals surface area contributed by atoms with Gasteiger partial charge in [-0.3, -0.25) is 4.79 Å². The second kappa shape index (κ2) is 8.82. The van der Waals surface area contributed by atoms with Crippen LogP contribution in [-0.4, -0.2) is 49.7 Å². The summed E-state index contributed by atoms with van der Waals surface area (Å²) in [4.78, 5) is 25.9. The number of rotatable bonds is 5. The fourth-order valence-electron chi connectivity index (χ4n) is 2.45. The number of amides is 1. The van der Waals surface area contributed by atoms with Crippen molar-refractivity contribution in [3.63, 3.8) is 0 Å². The number of hydrogen-bond acceptors (Lipinski definition) is 5. The number of nitrogens with zero attached hydrogens (tertiary/aromatic N) is 1. The zero-order valence-electron chi connectivity index (χ0n) is 14.0. The van der Waals surface area contributed by atoms with Crippen LogP contribution < -0.4 is 9.47 Å². The van der Waals surface area contributed by atoms with Crippen molar-refractivity contribution in [2.45, 2.75) is 0 Å². The van der Waals surface area contributed by atoms with E-state index >= 15 is 0 Å². The molecule has 0 N–H and O–H groups in total. The van der Waals surface area contributed by atoms with Gasteiger partial charge in [-0.05, 0) is 48.5 Å². The van der Waals surface area contributed by atoms with Gasteiger partial charge in [-0.25, -0.2) is 4.79 Å². The molecule has 0 saturated carbocycles. The normalized spacial score (nSPS) is 14.0. The van der Waals surface area contributed by atoms with Gasteiger partial charge < -0.3 is 19.1 Å². The number of morpholine rings is 1. The van der Waals surface area contributed by atoms with Crippen molar-refractivity contribution >= 4 is 27.8 Å². The van der Waals surface area contributed by atoms with E-state index in [1.54, 1.807) is 53.4 Å². The Kier molecular flexibility index (Phi) is 6.25. The van der Waals surface area contributed by atoms with Gasteiger partial charge in [-0.15, -0.1) is 0 Å². The highest BCUT2D eigenvalue weighted by atomic mass is 79.9. The first-order chi connectivity index (χ1) is 12.6. The Morgan fingerprint density at radius 2 is 1.58 bits per heavy atom. The third-order valence-electron chi connectivity index (χ3n) is 3.80. The Labute approximate surface area is 159 Å².